The van der Waals surface area contributed by atoms with Crippen LogP contribution in [0.5, 0.6) is 0 Å². The number of aliphatic hydroxyl groups is 1. The summed E-state index contributed by atoms with van der Waals surface area (Å²) < 4.78 is 5.04. The quantitative estimate of drug-likeness (QED) is 0.499. The molecule has 2 amide bonds. The molecular weight excluding hydrogens is 244 g/mol. The van der Waals surface area contributed by atoms with E-state index < -0.39 is 6.10 Å². The van der Waals surface area contributed by atoms with Gasteiger partial charge in [-0.3, -0.25) is 0 Å². The molecule has 1 aromatic rings. The van der Waals surface area contributed by atoms with Gasteiger partial charge < -0.3 is 20.2 Å². The van der Waals surface area contributed by atoms with Crippen LogP contribution >= 0.6 is 0 Å². The van der Waals surface area contributed by atoms with Gasteiger partial charge in [-0.25, -0.2) is 4.79 Å². The Balaban J connectivity index is 2.18. The van der Waals surface area contributed by atoms with Crippen LogP contribution in [0.1, 0.15) is 38.1 Å². The van der Waals surface area contributed by atoms with Gasteiger partial charge in [0.15, 0.2) is 0 Å². The molecule has 0 fully saturated rings. The Morgan fingerprint density at radius 3 is 3.05 bits per heavy atom. The first kappa shape index (κ1) is 15.3. The Morgan fingerprint density at radius 1 is 1.63 bits per heavy atom. The summed E-state index contributed by atoms with van der Waals surface area (Å²) in [7, 11) is 0. The summed E-state index contributed by atoms with van der Waals surface area (Å²) in [6, 6.07) is 3.18. The molecule has 5 heteroatoms. The molecule has 1 heterocycles. The molecule has 106 valence electrons. The molecule has 0 aliphatic rings. The van der Waals surface area contributed by atoms with Crippen LogP contribution < -0.4 is 10.6 Å². The fourth-order valence-corrected chi connectivity index (χ4v) is 1.69. The molecule has 0 spiro atoms. The minimum absolute atomic E-state index is 0.0979. The van der Waals surface area contributed by atoms with Crippen molar-refractivity contribution in [3.05, 3.63) is 36.8 Å². The fourth-order valence-electron chi connectivity index (χ4n) is 1.69. The Hall–Kier alpha value is -1.75. The van der Waals surface area contributed by atoms with Gasteiger partial charge >= 0.3 is 6.03 Å². The number of rotatable bonds is 8. The van der Waals surface area contributed by atoms with Crippen LogP contribution in [0.25, 0.3) is 0 Å². The molecule has 3 N–H and O–H groups in total. The summed E-state index contributed by atoms with van der Waals surface area (Å²) in [4.78, 5) is 11.6. The zero-order chi connectivity index (χ0) is 14.1. The molecule has 1 rings (SSSR count). The molecule has 2 unspecified atom stereocenters. The average Bonchev–Trinajstić information content (AvgIpc) is 2.90. The van der Waals surface area contributed by atoms with Crippen LogP contribution in [-0.4, -0.2) is 23.7 Å². The maximum Gasteiger partial charge on any atom is 0.315 e. The molecule has 19 heavy (non-hydrogen) atoms. The van der Waals surface area contributed by atoms with Crippen molar-refractivity contribution in [1.29, 1.82) is 0 Å². The highest BCUT2D eigenvalue weighted by molar-refractivity contribution is 5.74. The van der Waals surface area contributed by atoms with Crippen LogP contribution in [0, 0.1) is 0 Å². The minimum Gasteiger partial charge on any atom is -0.467 e. The SMILES string of the molecule is C=CCCCC(C)NC(=O)NCC(O)c1ccco1. The second-order valence-corrected chi connectivity index (χ2v) is 4.51. The number of nitrogens with one attached hydrogen (secondary N) is 2. The minimum atomic E-state index is -0.822. The maximum atomic E-state index is 11.6. The number of allylic oxidation sites excluding steroid dienone is 1. The van der Waals surface area contributed by atoms with E-state index in [1.165, 1.54) is 6.26 Å². The lowest BCUT2D eigenvalue weighted by Crippen LogP contribution is -2.42. The second-order valence-electron chi connectivity index (χ2n) is 4.51. The van der Waals surface area contributed by atoms with Crippen molar-refractivity contribution in [3.8, 4) is 0 Å². The normalized spacial score (nSPS) is 13.6. The lowest BCUT2D eigenvalue weighted by molar-refractivity contribution is 0.147. The summed E-state index contributed by atoms with van der Waals surface area (Å²) in [5, 5.41) is 15.1. The molecule has 0 aliphatic heterocycles. The monoisotopic (exact) mass is 266 g/mol. The van der Waals surface area contributed by atoms with E-state index >= 15 is 0 Å². The van der Waals surface area contributed by atoms with Gasteiger partial charge in [0, 0.05) is 6.04 Å². The van der Waals surface area contributed by atoms with E-state index in [2.05, 4.69) is 17.2 Å². The zero-order valence-corrected chi connectivity index (χ0v) is 11.3. The van der Waals surface area contributed by atoms with E-state index in [1.54, 1.807) is 12.1 Å². The van der Waals surface area contributed by atoms with Crippen molar-refractivity contribution in [2.24, 2.45) is 0 Å². The molecular formula is C14H22N2O3. The molecule has 0 bridgehead atoms. The molecule has 2 atom stereocenters. The Bertz CT molecular complexity index is 376. The fraction of sp³-hybridized carbons (Fsp3) is 0.500. The number of aliphatic hydroxyl groups excluding tert-OH is 1. The van der Waals surface area contributed by atoms with Crippen molar-refractivity contribution in [3.63, 3.8) is 0 Å². The number of furan rings is 1. The van der Waals surface area contributed by atoms with Gasteiger partial charge in [0.25, 0.3) is 0 Å². The smallest absolute Gasteiger partial charge is 0.315 e. The first-order valence-corrected chi connectivity index (χ1v) is 6.50. The van der Waals surface area contributed by atoms with Crippen molar-refractivity contribution in [1.82, 2.24) is 10.6 Å². The van der Waals surface area contributed by atoms with Crippen molar-refractivity contribution in [2.75, 3.05) is 6.54 Å². The van der Waals surface area contributed by atoms with Crippen LogP contribution in [0.3, 0.4) is 0 Å². The Morgan fingerprint density at radius 2 is 2.42 bits per heavy atom. The highest BCUT2D eigenvalue weighted by Gasteiger charge is 2.12. The topological polar surface area (TPSA) is 74.5 Å². The van der Waals surface area contributed by atoms with Gasteiger partial charge in [-0.15, -0.1) is 6.58 Å². The number of amides is 2. The van der Waals surface area contributed by atoms with Gasteiger partial charge in [-0.2, -0.15) is 0 Å². The van der Waals surface area contributed by atoms with Crippen LogP contribution in [0.4, 0.5) is 4.79 Å². The highest BCUT2D eigenvalue weighted by Crippen LogP contribution is 2.11. The lowest BCUT2D eigenvalue weighted by atomic mass is 10.1. The first-order valence-electron chi connectivity index (χ1n) is 6.50. The number of unbranched alkanes of at least 4 members (excludes halogenated alkanes) is 1. The third kappa shape index (κ3) is 6.10. The van der Waals surface area contributed by atoms with Crippen molar-refractivity contribution >= 4 is 6.03 Å². The number of hydrogen-bond acceptors (Lipinski definition) is 3. The molecule has 0 aromatic carbocycles. The predicted molar refractivity (Wildman–Crippen MR) is 73.7 cm³/mol. The number of hydrogen-bond donors (Lipinski definition) is 3. The van der Waals surface area contributed by atoms with Gasteiger partial charge in [0.1, 0.15) is 11.9 Å². The molecule has 5 nitrogen and oxygen atoms in total. The number of urea groups is 1. The standard InChI is InChI=1S/C14H22N2O3/c1-3-4-5-7-11(2)16-14(18)15-10-12(17)13-8-6-9-19-13/h3,6,8-9,11-12,17H,1,4-5,7,10H2,2H3,(H2,15,16,18). The number of carbonyl (C=O) groups excluding carboxylic acids is 1. The third-order valence-corrected chi connectivity index (χ3v) is 2.75. The number of carbonyl (C=O) groups is 1. The van der Waals surface area contributed by atoms with Gasteiger partial charge in [-0.05, 0) is 38.3 Å². The average molecular weight is 266 g/mol. The maximum absolute atomic E-state index is 11.6. The van der Waals surface area contributed by atoms with E-state index in [4.69, 9.17) is 4.42 Å². The van der Waals surface area contributed by atoms with Gasteiger partial charge in [0.2, 0.25) is 0 Å². The highest BCUT2D eigenvalue weighted by atomic mass is 16.4. The molecule has 0 radical (unpaired) electrons. The second kappa shape index (κ2) is 8.37. The summed E-state index contributed by atoms with van der Waals surface area (Å²) in [6.07, 6.45) is 5.38. The molecule has 0 aliphatic carbocycles. The van der Waals surface area contributed by atoms with Crippen LogP contribution in [0.15, 0.2) is 35.5 Å². The molecule has 0 saturated carbocycles. The summed E-state index contributed by atoms with van der Waals surface area (Å²) in [6.45, 7) is 5.73. The van der Waals surface area contributed by atoms with Gasteiger partial charge in [0.05, 0.1) is 12.8 Å². The first-order chi connectivity index (χ1) is 9.13. The van der Waals surface area contributed by atoms with E-state index in [0.717, 1.165) is 19.3 Å². The molecule has 1 aromatic heterocycles. The van der Waals surface area contributed by atoms with Crippen LogP contribution in [-0.2, 0) is 0 Å². The Kier molecular flexibility index (Phi) is 6.74. The molecule has 0 saturated heterocycles. The third-order valence-electron chi connectivity index (χ3n) is 2.75. The van der Waals surface area contributed by atoms with E-state index in [0.29, 0.717) is 5.76 Å². The lowest BCUT2D eigenvalue weighted by Gasteiger charge is -2.15. The summed E-state index contributed by atoms with van der Waals surface area (Å²) in [5.41, 5.74) is 0. The Labute approximate surface area is 113 Å². The summed E-state index contributed by atoms with van der Waals surface area (Å²) >= 11 is 0. The van der Waals surface area contributed by atoms with Crippen LogP contribution in [0.2, 0.25) is 0 Å². The zero-order valence-electron chi connectivity index (χ0n) is 11.3. The largest absolute Gasteiger partial charge is 0.467 e. The van der Waals surface area contributed by atoms with E-state index in [-0.39, 0.29) is 18.6 Å². The van der Waals surface area contributed by atoms with Crippen molar-refractivity contribution < 1.29 is 14.3 Å². The summed E-state index contributed by atoms with van der Waals surface area (Å²) in [5.74, 6) is 0.444. The predicted octanol–water partition coefficient (Wildman–Crippen LogP) is 2.36. The van der Waals surface area contributed by atoms with E-state index in [1.807, 2.05) is 13.0 Å². The van der Waals surface area contributed by atoms with Gasteiger partial charge in [-0.1, -0.05) is 6.08 Å². The van der Waals surface area contributed by atoms with Crippen molar-refractivity contribution in [2.45, 2.75) is 38.3 Å². The van der Waals surface area contributed by atoms with E-state index in [9.17, 15) is 9.90 Å².